The number of benzene rings is 1. The van der Waals surface area contributed by atoms with Gasteiger partial charge in [-0.25, -0.2) is 14.6 Å². The Morgan fingerprint density at radius 1 is 0.974 bits per heavy atom. The van der Waals surface area contributed by atoms with E-state index in [0.29, 0.717) is 50.1 Å². The molecule has 2 fully saturated rings. The molecule has 4 amide bonds. The molecule has 39 heavy (non-hydrogen) atoms. The van der Waals surface area contributed by atoms with Crippen molar-refractivity contribution in [1.82, 2.24) is 14.9 Å². The summed E-state index contributed by atoms with van der Waals surface area (Å²) in [5.74, 6) is -0.384. The number of piperazine rings is 1. The zero-order valence-electron chi connectivity index (χ0n) is 22.2. The summed E-state index contributed by atoms with van der Waals surface area (Å²) in [6.45, 7) is 8.76. The predicted molar refractivity (Wildman–Crippen MR) is 151 cm³/mol. The second kappa shape index (κ2) is 10.9. The Balaban J connectivity index is 1.22. The van der Waals surface area contributed by atoms with Gasteiger partial charge in [-0.2, -0.15) is 0 Å². The van der Waals surface area contributed by atoms with Gasteiger partial charge in [-0.15, -0.1) is 11.3 Å². The van der Waals surface area contributed by atoms with Crippen molar-refractivity contribution in [2.75, 3.05) is 59.3 Å². The summed E-state index contributed by atoms with van der Waals surface area (Å²) < 4.78 is 5.49. The maximum Gasteiger partial charge on any atom is 0.410 e. The zero-order chi connectivity index (χ0) is 27.6. The van der Waals surface area contributed by atoms with E-state index in [0.717, 1.165) is 11.4 Å². The van der Waals surface area contributed by atoms with E-state index in [9.17, 15) is 14.4 Å². The van der Waals surface area contributed by atoms with E-state index in [1.54, 1.807) is 32.5 Å². The van der Waals surface area contributed by atoms with Crippen molar-refractivity contribution < 1.29 is 19.1 Å². The summed E-state index contributed by atoms with van der Waals surface area (Å²) in [7, 11) is 0. The number of aromatic nitrogens is 2. The molecule has 2 aliphatic heterocycles. The van der Waals surface area contributed by atoms with Crippen LogP contribution in [0.2, 0.25) is 0 Å². The number of ether oxygens (including phenoxy) is 1. The van der Waals surface area contributed by atoms with Crippen LogP contribution >= 0.6 is 11.3 Å². The van der Waals surface area contributed by atoms with Crippen LogP contribution in [0.15, 0.2) is 54.2 Å². The number of rotatable bonds is 5. The molecule has 4 heterocycles. The molecule has 12 heteroatoms. The van der Waals surface area contributed by atoms with Crippen LogP contribution in [0.4, 0.5) is 31.8 Å². The number of carbonyl (C=O) groups is 3. The average molecular weight is 550 g/mol. The van der Waals surface area contributed by atoms with E-state index >= 15 is 0 Å². The van der Waals surface area contributed by atoms with E-state index in [4.69, 9.17) is 4.74 Å². The number of urea groups is 1. The first-order valence-corrected chi connectivity index (χ1v) is 13.7. The molecular formula is C27H31N7O4S. The van der Waals surface area contributed by atoms with Crippen LogP contribution in [-0.2, 0) is 4.74 Å². The first-order valence-electron chi connectivity index (χ1n) is 12.8. The Bertz CT molecular complexity index is 1350. The van der Waals surface area contributed by atoms with Crippen LogP contribution in [0.25, 0.3) is 0 Å². The monoisotopic (exact) mass is 549 g/mol. The van der Waals surface area contributed by atoms with Gasteiger partial charge in [-0.3, -0.25) is 19.6 Å². The number of para-hydroxylation sites is 1. The fraction of sp³-hybridized carbons (Fsp3) is 0.370. The number of carbonyl (C=O) groups excluding carboxylic acids is 3. The third kappa shape index (κ3) is 5.95. The topological polar surface area (TPSA) is 111 Å². The summed E-state index contributed by atoms with van der Waals surface area (Å²) in [5.41, 5.74) is 1.87. The molecule has 11 nitrogen and oxygen atoms in total. The van der Waals surface area contributed by atoms with Gasteiger partial charge in [0, 0.05) is 56.5 Å². The minimum atomic E-state index is -0.546. The molecule has 0 atom stereocenters. The lowest BCUT2D eigenvalue weighted by Gasteiger charge is -2.37. The Kier molecular flexibility index (Phi) is 7.38. The number of pyridine rings is 1. The molecular weight excluding hydrogens is 518 g/mol. The Hall–Kier alpha value is -4.19. The summed E-state index contributed by atoms with van der Waals surface area (Å²) >= 11 is 1.26. The van der Waals surface area contributed by atoms with E-state index < -0.39 is 5.60 Å². The normalized spacial score (nSPS) is 16.0. The molecule has 5 rings (SSSR count). The van der Waals surface area contributed by atoms with Gasteiger partial charge >= 0.3 is 12.1 Å². The molecule has 2 aromatic heterocycles. The van der Waals surface area contributed by atoms with Crippen LogP contribution < -0.4 is 20.0 Å². The van der Waals surface area contributed by atoms with E-state index in [1.165, 1.54) is 11.3 Å². The Morgan fingerprint density at radius 3 is 2.41 bits per heavy atom. The number of hydrogen-bond donors (Lipinski definition) is 1. The highest BCUT2D eigenvalue weighted by Crippen LogP contribution is 2.30. The van der Waals surface area contributed by atoms with E-state index in [-0.39, 0.29) is 23.7 Å². The number of thiazole rings is 1. The van der Waals surface area contributed by atoms with Gasteiger partial charge in [0.2, 0.25) is 0 Å². The minimum Gasteiger partial charge on any atom is -0.444 e. The Morgan fingerprint density at radius 2 is 1.69 bits per heavy atom. The van der Waals surface area contributed by atoms with Gasteiger partial charge in [-0.1, -0.05) is 18.2 Å². The van der Waals surface area contributed by atoms with Crippen molar-refractivity contribution in [2.24, 2.45) is 0 Å². The number of nitrogens with zero attached hydrogens (tertiary/aromatic N) is 6. The molecule has 0 bridgehead atoms. The molecule has 204 valence electrons. The van der Waals surface area contributed by atoms with Crippen LogP contribution in [-0.4, -0.2) is 77.8 Å². The highest BCUT2D eigenvalue weighted by molar-refractivity contribution is 7.14. The predicted octanol–water partition coefficient (Wildman–Crippen LogP) is 4.29. The number of amides is 4. The zero-order valence-corrected chi connectivity index (χ0v) is 23.0. The van der Waals surface area contributed by atoms with Gasteiger partial charge in [0.25, 0.3) is 5.91 Å². The van der Waals surface area contributed by atoms with Crippen molar-refractivity contribution in [2.45, 2.75) is 26.4 Å². The molecule has 2 aliphatic rings. The molecule has 2 saturated heterocycles. The standard InChI is InChI=1S/C27H31N7O4S/c1-27(2,3)38-26(37)32-13-11-31(12-14-32)22-9-10-28-17-20(22)29-23(35)21-18-39-24(30-21)34-16-15-33(25(34)36)19-7-5-4-6-8-19/h4-10,17-18H,11-16H2,1-3H3,(H,29,35). The molecule has 0 aliphatic carbocycles. The second-order valence-corrected chi connectivity index (χ2v) is 11.1. The van der Waals surface area contributed by atoms with Crippen LogP contribution in [0.3, 0.4) is 0 Å². The van der Waals surface area contributed by atoms with Crippen LogP contribution in [0, 0.1) is 0 Å². The summed E-state index contributed by atoms with van der Waals surface area (Å²) in [6, 6.07) is 11.2. The highest BCUT2D eigenvalue weighted by Gasteiger charge is 2.33. The lowest BCUT2D eigenvalue weighted by molar-refractivity contribution is 0.0240. The van der Waals surface area contributed by atoms with Gasteiger partial charge in [0.15, 0.2) is 5.13 Å². The lowest BCUT2D eigenvalue weighted by Crippen LogP contribution is -2.50. The molecule has 0 saturated carbocycles. The third-order valence-corrected chi connectivity index (χ3v) is 7.21. The molecule has 0 radical (unpaired) electrons. The minimum absolute atomic E-state index is 0.164. The average Bonchev–Trinajstić information content (AvgIpc) is 3.55. The van der Waals surface area contributed by atoms with E-state index in [2.05, 4.69) is 20.2 Å². The maximum absolute atomic E-state index is 13.1. The first kappa shape index (κ1) is 26.4. The van der Waals surface area contributed by atoms with Crippen molar-refractivity contribution in [3.05, 3.63) is 59.9 Å². The van der Waals surface area contributed by atoms with Crippen molar-refractivity contribution >= 4 is 51.6 Å². The van der Waals surface area contributed by atoms with Crippen molar-refractivity contribution in [3.63, 3.8) is 0 Å². The quantitative estimate of drug-likeness (QED) is 0.505. The molecule has 3 aromatic rings. The van der Waals surface area contributed by atoms with Crippen molar-refractivity contribution in [1.29, 1.82) is 0 Å². The first-order chi connectivity index (χ1) is 18.7. The van der Waals surface area contributed by atoms with Crippen LogP contribution in [0.1, 0.15) is 31.3 Å². The van der Waals surface area contributed by atoms with E-state index in [1.807, 2.05) is 57.2 Å². The summed E-state index contributed by atoms with van der Waals surface area (Å²) in [4.78, 5) is 54.3. The smallest absolute Gasteiger partial charge is 0.410 e. The lowest BCUT2D eigenvalue weighted by atomic mass is 10.2. The molecule has 0 spiro atoms. The number of anilines is 4. The molecule has 1 aromatic carbocycles. The third-order valence-electron chi connectivity index (χ3n) is 6.35. The largest absolute Gasteiger partial charge is 0.444 e. The van der Waals surface area contributed by atoms with Gasteiger partial charge in [0.05, 0.1) is 17.6 Å². The molecule has 0 unspecified atom stereocenters. The van der Waals surface area contributed by atoms with Gasteiger partial charge in [0.1, 0.15) is 11.3 Å². The number of hydrogen-bond acceptors (Lipinski definition) is 8. The highest BCUT2D eigenvalue weighted by atomic mass is 32.1. The fourth-order valence-electron chi connectivity index (χ4n) is 4.46. The second-order valence-electron chi connectivity index (χ2n) is 10.2. The fourth-order valence-corrected chi connectivity index (χ4v) is 5.28. The number of nitrogens with one attached hydrogen (secondary N) is 1. The molecule has 1 N–H and O–H groups in total. The maximum atomic E-state index is 13.1. The Labute approximate surface area is 231 Å². The van der Waals surface area contributed by atoms with Gasteiger partial charge in [-0.05, 0) is 39.0 Å². The van der Waals surface area contributed by atoms with Crippen molar-refractivity contribution in [3.8, 4) is 0 Å². The SMILES string of the molecule is CC(C)(C)OC(=O)N1CCN(c2ccncc2NC(=O)c2csc(N3CCN(c4ccccc4)C3=O)n2)CC1. The van der Waals surface area contributed by atoms with Gasteiger partial charge < -0.3 is 19.9 Å². The summed E-state index contributed by atoms with van der Waals surface area (Å²) in [5, 5.41) is 5.05. The van der Waals surface area contributed by atoms with Crippen LogP contribution in [0.5, 0.6) is 0 Å². The summed E-state index contributed by atoms with van der Waals surface area (Å²) in [6.07, 6.45) is 2.94.